The Balaban J connectivity index is 1.88. The van der Waals surface area contributed by atoms with Crippen LogP contribution in [0, 0.1) is 0 Å². The number of halogens is 3. The van der Waals surface area contributed by atoms with Crippen molar-refractivity contribution in [3.8, 4) is 5.75 Å². The molecule has 26 heavy (non-hydrogen) atoms. The minimum absolute atomic E-state index is 0.224. The third-order valence-corrected chi connectivity index (χ3v) is 4.20. The van der Waals surface area contributed by atoms with Gasteiger partial charge in [-0.1, -0.05) is 12.1 Å². The Hall–Kier alpha value is -2.55. The molecule has 0 atom stereocenters. The van der Waals surface area contributed by atoms with Gasteiger partial charge in [-0.25, -0.2) is 5.10 Å². The van der Waals surface area contributed by atoms with E-state index in [2.05, 4.69) is 5.10 Å². The van der Waals surface area contributed by atoms with Crippen LogP contribution >= 0.6 is 0 Å². The number of H-pyrrole nitrogens is 1. The van der Waals surface area contributed by atoms with Crippen molar-refractivity contribution in [2.75, 3.05) is 32.1 Å². The maximum atomic E-state index is 13.3. The molecule has 0 bridgehead atoms. The first-order chi connectivity index (χ1) is 12.3. The van der Waals surface area contributed by atoms with Crippen molar-refractivity contribution in [1.29, 1.82) is 0 Å². The topological polar surface area (TPSA) is 61.5 Å². The molecule has 0 spiro atoms. The van der Waals surface area contributed by atoms with E-state index >= 15 is 0 Å². The predicted octanol–water partition coefficient (Wildman–Crippen LogP) is 2.25. The lowest BCUT2D eigenvalue weighted by Gasteiger charge is -2.21. The molecule has 1 aliphatic heterocycles. The third-order valence-electron chi connectivity index (χ3n) is 4.20. The summed E-state index contributed by atoms with van der Waals surface area (Å²) < 4.78 is 45.7. The molecule has 2 heterocycles. The number of likely N-dealkylation sites (N-methyl/N-ethyl adjacent to an activating group) is 1. The third kappa shape index (κ3) is 3.67. The molecule has 0 saturated heterocycles. The van der Waals surface area contributed by atoms with Gasteiger partial charge in [0.1, 0.15) is 17.9 Å². The van der Waals surface area contributed by atoms with E-state index in [4.69, 9.17) is 4.74 Å². The lowest BCUT2D eigenvalue weighted by atomic mass is 10.1. The zero-order chi connectivity index (χ0) is 18.9. The van der Waals surface area contributed by atoms with Gasteiger partial charge in [-0.3, -0.25) is 4.79 Å². The van der Waals surface area contributed by atoms with E-state index in [0.29, 0.717) is 12.4 Å². The number of hydrogen-bond donors (Lipinski definition) is 1. The van der Waals surface area contributed by atoms with Crippen LogP contribution in [0.3, 0.4) is 0 Å². The van der Waals surface area contributed by atoms with Gasteiger partial charge in [0.15, 0.2) is 0 Å². The Morgan fingerprint density at radius 1 is 1.31 bits per heavy atom. The van der Waals surface area contributed by atoms with E-state index in [0.717, 1.165) is 23.9 Å². The molecule has 1 aliphatic rings. The Morgan fingerprint density at radius 3 is 2.77 bits per heavy atom. The lowest BCUT2D eigenvalue weighted by molar-refractivity contribution is -0.138. The highest BCUT2D eigenvalue weighted by Crippen LogP contribution is 2.38. The second kappa shape index (κ2) is 6.99. The van der Waals surface area contributed by atoms with E-state index < -0.39 is 17.3 Å². The summed E-state index contributed by atoms with van der Waals surface area (Å²) in [5, 5.41) is 5.40. The van der Waals surface area contributed by atoms with Crippen LogP contribution in [-0.2, 0) is 19.3 Å². The molecule has 1 N–H and O–H groups in total. The lowest BCUT2D eigenvalue weighted by Crippen LogP contribution is -2.28. The van der Waals surface area contributed by atoms with Crippen molar-refractivity contribution in [3.63, 3.8) is 0 Å². The molecule has 140 valence electrons. The van der Waals surface area contributed by atoms with Gasteiger partial charge >= 0.3 is 6.18 Å². The summed E-state index contributed by atoms with van der Waals surface area (Å²) in [6.45, 7) is 1.68. The highest BCUT2D eigenvalue weighted by molar-refractivity contribution is 5.58. The Kier molecular flexibility index (Phi) is 4.90. The second-order valence-corrected chi connectivity index (χ2v) is 6.36. The molecule has 0 unspecified atom stereocenters. The second-order valence-electron chi connectivity index (χ2n) is 6.36. The average molecular weight is 368 g/mol. The summed E-state index contributed by atoms with van der Waals surface area (Å²) in [6.07, 6.45) is -3.71. The van der Waals surface area contributed by atoms with Gasteiger partial charge in [0, 0.05) is 25.2 Å². The van der Waals surface area contributed by atoms with Crippen molar-refractivity contribution in [1.82, 2.24) is 15.1 Å². The van der Waals surface area contributed by atoms with Gasteiger partial charge in [-0.15, -0.1) is 0 Å². The quantitative estimate of drug-likeness (QED) is 0.877. The largest absolute Gasteiger partial charge is 0.492 e. The summed E-state index contributed by atoms with van der Waals surface area (Å²) in [4.78, 5) is 15.2. The number of nitrogens with one attached hydrogen (secondary N) is 1. The number of aromatic nitrogens is 2. The van der Waals surface area contributed by atoms with E-state index in [-0.39, 0.29) is 18.8 Å². The van der Waals surface area contributed by atoms with Gasteiger partial charge in [0.2, 0.25) is 0 Å². The molecule has 0 radical (unpaired) electrons. The van der Waals surface area contributed by atoms with Crippen LogP contribution in [0.1, 0.15) is 16.7 Å². The molecule has 9 heteroatoms. The van der Waals surface area contributed by atoms with Crippen molar-refractivity contribution in [2.45, 2.75) is 19.3 Å². The van der Waals surface area contributed by atoms with Crippen molar-refractivity contribution >= 4 is 5.69 Å². The smallest absolute Gasteiger partial charge is 0.423 e. The standard InChI is InChI=1S/C17H19F3N4O2/c1-23(2)6-7-26-14-5-3-4-11-9-24(10-12(11)14)13-8-21-22-16(25)15(13)17(18,19)20/h3-5,8H,6-7,9-10H2,1-2H3,(H,22,25). The van der Waals surface area contributed by atoms with Crippen molar-refractivity contribution in [2.24, 2.45) is 0 Å². The van der Waals surface area contributed by atoms with Crippen LogP contribution in [0.4, 0.5) is 18.9 Å². The Morgan fingerprint density at radius 2 is 2.08 bits per heavy atom. The zero-order valence-electron chi connectivity index (χ0n) is 14.4. The normalized spacial score (nSPS) is 14.0. The molecule has 0 amide bonds. The van der Waals surface area contributed by atoms with Crippen LogP contribution in [0.5, 0.6) is 5.75 Å². The molecule has 1 aromatic heterocycles. The molecule has 3 rings (SSSR count). The van der Waals surface area contributed by atoms with Crippen LogP contribution in [0.15, 0.2) is 29.2 Å². The minimum atomic E-state index is -4.76. The highest BCUT2D eigenvalue weighted by atomic mass is 19.4. The van der Waals surface area contributed by atoms with E-state index in [1.54, 1.807) is 6.07 Å². The maximum absolute atomic E-state index is 13.3. The van der Waals surface area contributed by atoms with E-state index in [1.807, 2.05) is 36.2 Å². The van der Waals surface area contributed by atoms with Gasteiger partial charge < -0.3 is 14.5 Å². The SMILES string of the molecule is CN(C)CCOc1cccc2c1CN(c1cn[nH]c(=O)c1C(F)(F)F)C2. The van der Waals surface area contributed by atoms with Gasteiger partial charge in [0.05, 0.1) is 11.9 Å². The fraction of sp³-hybridized carbons (Fsp3) is 0.412. The number of aromatic amines is 1. The molecule has 0 aliphatic carbocycles. The number of benzene rings is 1. The van der Waals surface area contributed by atoms with Crippen molar-refractivity contribution < 1.29 is 17.9 Å². The maximum Gasteiger partial charge on any atom is 0.423 e. The van der Waals surface area contributed by atoms with Gasteiger partial charge in [-0.05, 0) is 25.7 Å². The molecular weight excluding hydrogens is 349 g/mol. The minimum Gasteiger partial charge on any atom is -0.492 e. The number of alkyl halides is 3. The van der Waals surface area contributed by atoms with Crippen molar-refractivity contribution in [3.05, 3.63) is 51.4 Å². The summed E-state index contributed by atoms with van der Waals surface area (Å²) >= 11 is 0. The number of anilines is 1. The molecular formula is C17H19F3N4O2. The molecule has 6 nitrogen and oxygen atoms in total. The number of rotatable bonds is 5. The predicted molar refractivity (Wildman–Crippen MR) is 90.2 cm³/mol. The summed E-state index contributed by atoms with van der Waals surface area (Å²) in [7, 11) is 3.86. The molecule has 2 aromatic rings. The number of ether oxygens (including phenoxy) is 1. The molecule has 1 aromatic carbocycles. The molecule has 0 saturated carbocycles. The Bertz CT molecular complexity index is 849. The highest BCUT2D eigenvalue weighted by Gasteiger charge is 2.39. The van der Waals surface area contributed by atoms with Crippen LogP contribution in [-0.4, -0.2) is 42.3 Å². The number of nitrogens with zero attached hydrogens (tertiary/aromatic N) is 3. The van der Waals surface area contributed by atoms with Crippen LogP contribution in [0.2, 0.25) is 0 Å². The number of hydrogen-bond acceptors (Lipinski definition) is 5. The van der Waals surface area contributed by atoms with E-state index in [9.17, 15) is 18.0 Å². The van der Waals surface area contributed by atoms with E-state index in [1.165, 1.54) is 4.90 Å². The number of fused-ring (bicyclic) bond motifs is 1. The fourth-order valence-corrected chi connectivity index (χ4v) is 2.94. The average Bonchev–Trinajstić information content (AvgIpc) is 2.98. The zero-order valence-corrected chi connectivity index (χ0v) is 14.4. The summed E-state index contributed by atoms with van der Waals surface area (Å²) in [5.41, 5.74) is -0.985. The monoisotopic (exact) mass is 368 g/mol. The first-order valence-corrected chi connectivity index (χ1v) is 8.05. The molecule has 0 fully saturated rings. The fourth-order valence-electron chi connectivity index (χ4n) is 2.94. The first kappa shape index (κ1) is 18.2. The van der Waals surface area contributed by atoms with Crippen LogP contribution < -0.4 is 15.2 Å². The Labute approximate surface area is 148 Å². The first-order valence-electron chi connectivity index (χ1n) is 8.05. The van der Waals surface area contributed by atoms with Gasteiger partial charge in [0.25, 0.3) is 5.56 Å². The summed E-state index contributed by atoms with van der Waals surface area (Å²) in [5.74, 6) is 0.651. The van der Waals surface area contributed by atoms with Gasteiger partial charge in [-0.2, -0.15) is 18.3 Å². The van der Waals surface area contributed by atoms with Crippen LogP contribution in [0.25, 0.3) is 0 Å². The summed E-state index contributed by atoms with van der Waals surface area (Å²) in [6, 6.07) is 5.47.